The zero-order chi connectivity index (χ0) is 25.7. The number of nitrogens with one attached hydrogen (secondary N) is 3. The van der Waals surface area contributed by atoms with Crippen molar-refractivity contribution in [1.29, 1.82) is 0 Å². The fourth-order valence-corrected chi connectivity index (χ4v) is 2.98. The first-order chi connectivity index (χ1) is 15.9. The number of alkyl carbamates (subject to hydrolysis) is 2. The molecular weight excluding hydrogens is 440 g/mol. The first-order valence-electron chi connectivity index (χ1n) is 11.4. The number of benzene rings is 1. The van der Waals surface area contributed by atoms with Crippen LogP contribution in [0, 0.1) is 5.92 Å². The van der Waals surface area contributed by atoms with E-state index in [0.29, 0.717) is 12.8 Å². The lowest BCUT2D eigenvalue weighted by Crippen LogP contribution is -2.53. The molecule has 2 atom stereocenters. The summed E-state index contributed by atoms with van der Waals surface area (Å²) in [5.74, 6) is -1.08. The molecule has 0 heterocycles. The zero-order valence-electron chi connectivity index (χ0n) is 20.7. The van der Waals surface area contributed by atoms with E-state index in [9.17, 15) is 19.2 Å². The summed E-state index contributed by atoms with van der Waals surface area (Å²) in [5.41, 5.74) is 5.53. The van der Waals surface area contributed by atoms with Gasteiger partial charge in [0.1, 0.15) is 24.3 Å². The Bertz CT molecular complexity index is 807. The fraction of sp³-hybridized carbons (Fsp3) is 0.583. The Morgan fingerprint density at radius 2 is 1.62 bits per heavy atom. The Labute approximate surface area is 201 Å². The standard InChI is InChI=1S/C24H38N4O6/c1-16(2)14-19(20(25)29)27-21(30)18(28-23(32)34-24(3,4)5)12-9-13-26-22(31)33-15-17-10-7-6-8-11-17/h6-8,10-11,16,18-19H,9,12-15H2,1-5H3,(H2,25,29)(H,26,31)(H,27,30)(H,28,32)/t18-,19-/m0/s1. The van der Waals surface area contributed by atoms with Gasteiger partial charge in [-0.2, -0.15) is 0 Å². The summed E-state index contributed by atoms with van der Waals surface area (Å²) in [4.78, 5) is 48.7. The molecule has 1 rings (SSSR count). The van der Waals surface area contributed by atoms with E-state index in [2.05, 4.69) is 16.0 Å². The molecule has 0 saturated carbocycles. The van der Waals surface area contributed by atoms with Crippen molar-refractivity contribution in [2.75, 3.05) is 6.54 Å². The van der Waals surface area contributed by atoms with Crippen molar-refractivity contribution in [1.82, 2.24) is 16.0 Å². The molecule has 1 aromatic carbocycles. The maximum Gasteiger partial charge on any atom is 0.408 e. The highest BCUT2D eigenvalue weighted by atomic mass is 16.6. The van der Waals surface area contributed by atoms with E-state index in [4.69, 9.17) is 15.2 Å². The minimum absolute atomic E-state index is 0.126. The van der Waals surface area contributed by atoms with E-state index < -0.39 is 41.7 Å². The zero-order valence-corrected chi connectivity index (χ0v) is 20.7. The number of ether oxygens (including phenoxy) is 2. The average Bonchev–Trinajstić information content (AvgIpc) is 2.72. The second-order valence-electron chi connectivity index (χ2n) is 9.42. The van der Waals surface area contributed by atoms with Crippen LogP contribution in [0.25, 0.3) is 0 Å². The normalized spacial score (nSPS) is 12.9. The number of amides is 4. The SMILES string of the molecule is CC(C)C[C@H](NC(=O)[C@H](CCCNC(=O)OCc1ccccc1)NC(=O)OC(C)(C)C)C(N)=O. The third-order valence-corrected chi connectivity index (χ3v) is 4.53. The van der Waals surface area contributed by atoms with Gasteiger partial charge < -0.3 is 31.2 Å². The molecule has 0 aromatic heterocycles. The number of primary amides is 1. The third kappa shape index (κ3) is 12.7. The van der Waals surface area contributed by atoms with Crippen LogP contribution in [0.15, 0.2) is 30.3 Å². The molecule has 10 heteroatoms. The number of carbonyl (C=O) groups is 4. The van der Waals surface area contributed by atoms with Crippen LogP contribution in [0.2, 0.25) is 0 Å². The average molecular weight is 479 g/mol. The Kier molecular flexibility index (Phi) is 11.9. The minimum atomic E-state index is -0.981. The summed E-state index contributed by atoms with van der Waals surface area (Å²) in [7, 11) is 0. The monoisotopic (exact) mass is 478 g/mol. The summed E-state index contributed by atoms with van der Waals surface area (Å²) < 4.78 is 10.4. The molecule has 0 aliphatic carbocycles. The smallest absolute Gasteiger partial charge is 0.408 e. The van der Waals surface area contributed by atoms with E-state index in [1.165, 1.54) is 0 Å². The molecule has 190 valence electrons. The summed E-state index contributed by atoms with van der Waals surface area (Å²) in [6.45, 7) is 9.29. The van der Waals surface area contributed by atoms with E-state index in [-0.39, 0.29) is 25.5 Å². The topological polar surface area (TPSA) is 149 Å². The Balaban J connectivity index is 2.63. The van der Waals surface area contributed by atoms with Crippen LogP contribution in [0.4, 0.5) is 9.59 Å². The highest BCUT2D eigenvalue weighted by Gasteiger charge is 2.27. The van der Waals surface area contributed by atoms with Crippen molar-refractivity contribution in [3.05, 3.63) is 35.9 Å². The molecule has 0 saturated heterocycles. The quantitative estimate of drug-likeness (QED) is 0.339. The molecular formula is C24H38N4O6. The number of rotatable bonds is 12. The van der Waals surface area contributed by atoms with Gasteiger partial charge in [0.05, 0.1) is 0 Å². The molecule has 4 amide bonds. The Morgan fingerprint density at radius 1 is 0.971 bits per heavy atom. The predicted octanol–water partition coefficient (Wildman–Crippen LogP) is 2.60. The van der Waals surface area contributed by atoms with Gasteiger partial charge >= 0.3 is 12.2 Å². The van der Waals surface area contributed by atoms with Crippen LogP contribution in [0.1, 0.15) is 59.4 Å². The minimum Gasteiger partial charge on any atom is -0.445 e. The lowest BCUT2D eigenvalue weighted by molar-refractivity contribution is -0.129. The number of nitrogens with two attached hydrogens (primary N) is 1. The van der Waals surface area contributed by atoms with Gasteiger partial charge in [-0.25, -0.2) is 9.59 Å². The highest BCUT2D eigenvalue weighted by Crippen LogP contribution is 2.09. The van der Waals surface area contributed by atoms with Crippen LogP contribution >= 0.6 is 0 Å². The van der Waals surface area contributed by atoms with Gasteiger partial charge in [0.15, 0.2) is 0 Å². The predicted molar refractivity (Wildman–Crippen MR) is 128 cm³/mol. The number of carbonyl (C=O) groups excluding carboxylic acids is 4. The van der Waals surface area contributed by atoms with Crippen LogP contribution < -0.4 is 21.7 Å². The lowest BCUT2D eigenvalue weighted by Gasteiger charge is -2.25. The van der Waals surface area contributed by atoms with Crippen LogP contribution in [0.5, 0.6) is 0 Å². The molecule has 34 heavy (non-hydrogen) atoms. The second kappa shape index (κ2) is 14.1. The van der Waals surface area contributed by atoms with Crippen LogP contribution in [-0.2, 0) is 25.7 Å². The molecule has 5 N–H and O–H groups in total. The maximum absolute atomic E-state index is 12.8. The van der Waals surface area contributed by atoms with Crippen molar-refractivity contribution in [3.8, 4) is 0 Å². The Hall–Kier alpha value is -3.30. The van der Waals surface area contributed by atoms with Gasteiger partial charge in [-0.05, 0) is 51.5 Å². The first-order valence-corrected chi connectivity index (χ1v) is 11.4. The van der Waals surface area contributed by atoms with Gasteiger partial charge in [-0.1, -0.05) is 44.2 Å². The molecule has 0 unspecified atom stereocenters. The number of hydrogen-bond acceptors (Lipinski definition) is 6. The molecule has 0 spiro atoms. The highest BCUT2D eigenvalue weighted by molar-refractivity contribution is 5.90. The van der Waals surface area contributed by atoms with E-state index in [0.717, 1.165) is 5.56 Å². The van der Waals surface area contributed by atoms with Crippen LogP contribution in [0.3, 0.4) is 0 Å². The van der Waals surface area contributed by atoms with E-state index >= 15 is 0 Å². The third-order valence-electron chi connectivity index (χ3n) is 4.53. The maximum atomic E-state index is 12.8. The van der Waals surface area contributed by atoms with Gasteiger partial charge in [0, 0.05) is 6.54 Å². The Morgan fingerprint density at radius 3 is 2.18 bits per heavy atom. The molecule has 1 aromatic rings. The number of hydrogen-bond donors (Lipinski definition) is 4. The molecule has 0 fully saturated rings. The summed E-state index contributed by atoms with van der Waals surface area (Å²) in [6, 6.07) is 7.42. The van der Waals surface area contributed by atoms with E-state index in [1.54, 1.807) is 20.8 Å². The van der Waals surface area contributed by atoms with Gasteiger partial charge in [-0.15, -0.1) is 0 Å². The molecule has 10 nitrogen and oxygen atoms in total. The lowest BCUT2D eigenvalue weighted by atomic mass is 10.0. The van der Waals surface area contributed by atoms with Gasteiger partial charge in [0.25, 0.3) is 0 Å². The van der Waals surface area contributed by atoms with E-state index in [1.807, 2.05) is 44.2 Å². The summed E-state index contributed by atoms with van der Waals surface area (Å²) >= 11 is 0. The summed E-state index contributed by atoms with van der Waals surface area (Å²) in [5, 5.41) is 7.76. The molecule has 0 radical (unpaired) electrons. The van der Waals surface area contributed by atoms with Crippen molar-refractivity contribution in [2.45, 2.75) is 78.2 Å². The van der Waals surface area contributed by atoms with Gasteiger partial charge in [0.2, 0.25) is 11.8 Å². The van der Waals surface area contributed by atoms with Gasteiger partial charge in [-0.3, -0.25) is 9.59 Å². The first kappa shape index (κ1) is 28.7. The largest absolute Gasteiger partial charge is 0.445 e. The molecule has 0 aliphatic heterocycles. The van der Waals surface area contributed by atoms with Crippen LogP contribution in [-0.4, -0.2) is 48.2 Å². The van der Waals surface area contributed by atoms with Crippen molar-refractivity contribution < 1.29 is 28.7 Å². The fourth-order valence-electron chi connectivity index (χ4n) is 2.98. The van der Waals surface area contributed by atoms with Crippen molar-refractivity contribution in [3.63, 3.8) is 0 Å². The van der Waals surface area contributed by atoms with Crippen molar-refractivity contribution in [2.24, 2.45) is 11.7 Å². The molecule has 0 bridgehead atoms. The van der Waals surface area contributed by atoms with Crippen molar-refractivity contribution >= 4 is 24.0 Å². The molecule has 0 aliphatic rings. The second-order valence-corrected chi connectivity index (χ2v) is 9.42. The summed E-state index contributed by atoms with van der Waals surface area (Å²) in [6.07, 6.45) is -0.426.